The fraction of sp³-hybridized carbons (Fsp3) is 0.263. The number of nitrogens with zero attached hydrogens (tertiary/aromatic N) is 1. The first kappa shape index (κ1) is 16.1. The fourth-order valence-electron chi connectivity index (χ4n) is 2.75. The van der Waals surface area contributed by atoms with Crippen LogP contribution in [-0.4, -0.2) is 30.0 Å². The van der Waals surface area contributed by atoms with Gasteiger partial charge in [0.25, 0.3) is 5.91 Å². The number of urea groups is 1. The Morgan fingerprint density at radius 2 is 1.71 bits per heavy atom. The topological polar surface area (TPSA) is 58.6 Å². The molecule has 1 saturated heterocycles. The summed E-state index contributed by atoms with van der Waals surface area (Å²) in [6, 6.07) is 16.5. The van der Waals surface area contributed by atoms with Gasteiger partial charge in [-0.15, -0.1) is 0 Å². The van der Waals surface area contributed by atoms with E-state index in [1.165, 1.54) is 4.90 Å². The number of para-hydroxylation sites is 1. The number of carbonyl (C=O) groups excluding carboxylic acids is 2. The summed E-state index contributed by atoms with van der Waals surface area (Å²) in [6.45, 7) is 4.18. The SMILES string of the molecule is Cc1ccc([C@]2(C)NC(=O)N(CCOc3ccccc3)C2=O)cc1. The monoisotopic (exact) mass is 324 g/mol. The summed E-state index contributed by atoms with van der Waals surface area (Å²) in [7, 11) is 0. The predicted octanol–water partition coefficient (Wildman–Crippen LogP) is 2.84. The highest BCUT2D eigenvalue weighted by atomic mass is 16.5. The van der Waals surface area contributed by atoms with Crippen LogP contribution in [0.2, 0.25) is 0 Å². The quantitative estimate of drug-likeness (QED) is 0.861. The van der Waals surface area contributed by atoms with E-state index in [0.29, 0.717) is 5.75 Å². The summed E-state index contributed by atoms with van der Waals surface area (Å²) in [4.78, 5) is 26.2. The number of rotatable bonds is 5. The Bertz CT molecular complexity index is 743. The van der Waals surface area contributed by atoms with E-state index in [1.807, 2.05) is 61.5 Å². The van der Waals surface area contributed by atoms with Crippen molar-refractivity contribution in [2.75, 3.05) is 13.2 Å². The summed E-state index contributed by atoms with van der Waals surface area (Å²) in [5.41, 5.74) is 0.850. The largest absolute Gasteiger partial charge is 0.492 e. The number of nitrogens with one attached hydrogen (secondary N) is 1. The molecule has 1 aliphatic rings. The summed E-state index contributed by atoms with van der Waals surface area (Å²) in [6.07, 6.45) is 0. The van der Waals surface area contributed by atoms with Crippen molar-refractivity contribution >= 4 is 11.9 Å². The molecule has 2 aromatic rings. The average Bonchev–Trinajstić information content (AvgIpc) is 2.80. The third-order valence-corrected chi connectivity index (χ3v) is 4.23. The molecule has 0 aromatic heterocycles. The first-order chi connectivity index (χ1) is 11.5. The molecule has 1 N–H and O–H groups in total. The van der Waals surface area contributed by atoms with Crippen molar-refractivity contribution in [3.63, 3.8) is 0 Å². The second-order valence-electron chi connectivity index (χ2n) is 6.04. The van der Waals surface area contributed by atoms with Gasteiger partial charge in [0.2, 0.25) is 0 Å². The normalized spacial score (nSPS) is 20.2. The van der Waals surface area contributed by atoms with Crippen molar-refractivity contribution < 1.29 is 14.3 Å². The Hall–Kier alpha value is -2.82. The molecule has 2 aromatic carbocycles. The number of imide groups is 1. The number of hydrogen-bond donors (Lipinski definition) is 1. The van der Waals surface area contributed by atoms with Crippen molar-refractivity contribution in [3.05, 3.63) is 65.7 Å². The van der Waals surface area contributed by atoms with Gasteiger partial charge in [-0.25, -0.2) is 4.79 Å². The molecule has 24 heavy (non-hydrogen) atoms. The molecule has 0 spiro atoms. The molecule has 3 amide bonds. The maximum Gasteiger partial charge on any atom is 0.325 e. The Morgan fingerprint density at radius 1 is 1.04 bits per heavy atom. The Kier molecular flexibility index (Phi) is 4.25. The highest BCUT2D eigenvalue weighted by Crippen LogP contribution is 2.28. The van der Waals surface area contributed by atoms with Crippen molar-refractivity contribution in [1.82, 2.24) is 10.2 Å². The highest BCUT2D eigenvalue weighted by Gasteiger charge is 2.48. The van der Waals surface area contributed by atoms with Gasteiger partial charge in [0.1, 0.15) is 17.9 Å². The highest BCUT2D eigenvalue weighted by molar-refractivity contribution is 6.07. The molecule has 124 valence electrons. The summed E-state index contributed by atoms with van der Waals surface area (Å²) in [5.74, 6) is 0.457. The molecule has 1 fully saturated rings. The van der Waals surface area contributed by atoms with Crippen LogP contribution >= 0.6 is 0 Å². The molecule has 1 heterocycles. The van der Waals surface area contributed by atoms with Crippen molar-refractivity contribution in [3.8, 4) is 5.75 Å². The van der Waals surface area contributed by atoms with E-state index >= 15 is 0 Å². The molecule has 0 aliphatic carbocycles. The first-order valence-electron chi connectivity index (χ1n) is 7.90. The number of ether oxygens (including phenoxy) is 1. The molecule has 0 saturated carbocycles. The van der Waals surface area contributed by atoms with Crippen LogP contribution in [0.4, 0.5) is 4.79 Å². The molecule has 5 heteroatoms. The maximum absolute atomic E-state index is 12.8. The summed E-state index contributed by atoms with van der Waals surface area (Å²) < 4.78 is 5.58. The molecule has 1 aliphatic heterocycles. The van der Waals surface area contributed by atoms with Crippen LogP contribution in [-0.2, 0) is 10.3 Å². The number of amides is 3. The zero-order valence-electron chi connectivity index (χ0n) is 13.8. The number of carbonyl (C=O) groups is 2. The lowest BCUT2D eigenvalue weighted by atomic mass is 9.91. The van der Waals surface area contributed by atoms with Crippen molar-refractivity contribution in [2.45, 2.75) is 19.4 Å². The average molecular weight is 324 g/mol. The van der Waals surface area contributed by atoms with Gasteiger partial charge < -0.3 is 10.1 Å². The van der Waals surface area contributed by atoms with Gasteiger partial charge in [0.05, 0.1) is 6.54 Å². The van der Waals surface area contributed by atoms with Crippen LogP contribution in [0.1, 0.15) is 18.1 Å². The van der Waals surface area contributed by atoms with Crippen LogP contribution in [0.25, 0.3) is 0 Å². The summed E-state index contributed by atoms with van der Waals surface area (Å²) in [5, 5.41) is 2.80. The smallest absolute Gasteiger partial charge is 0.325 e. The van der Waals surface area contributed by atoms with E-state index < -0.39 is 5.54 Å². The third kappa shape index (κ3) is 2.97. The molecule has 0 unspecified atom stereocenters. The lowest BCUT2D eigenvalue weighted by Gasteiger charge is -2.22. The number of benzene rings is 2. The molecule has 1 atom stereocenters. The van der Waals surface area contributed by atoms with Gasteiger partial charge in [-0.2, -0.15) is 0 Å². The van der Waals surface area contributed by atoms with Gasteiger partial charge in [0, 0.05) is 0 Å². The molecular formula is C19H20N2O3. The minimum atomic E-state index is -1.03. The summed E-state index contributed by atoms with van der Waals surface area (Å²) >= 11 is 0. The van der Waals surface area contributed by atoms with Gasteiger partial charge >= 0.3 is 6.03 Å². The lowest BCUT2D eigenvalue weighted by Crippen LogP contribution is -2.41. The number of hydrogen-bond acceptors (Lipinski definition) is 3. The molecule has 0 radical (unpaired) electrons. The Balaban J connectivity index is 1.68. The predicted molar refractivity (Wildman–Crippen MR) is 90.7 cm³/mol. The van der Waals surface area contributed by atoms with Crippen LogP contribution in [0.15, 0.2) is 54.6 Å². The van der Waals surface area contributed by atoms with E-state index in [2.05, 4.69) is 5.32 Å². The van der Waals surface area contributed by atoms with Crippen LogP contribution in [0, 0.1) is 6.92 Å². The van der Waals surface area contributed by atoms with E-state index in [1.54, 1.807) is 6.92 Å². The van der Waals surface area contributed by atoms with Crippen molar-refractivity contribution in [2.24, 2.45) is 0 Å². The Labute approximate surface area is 141 Å². The third-order valence-electron chi connectivity index (χ3n) is 4.23. The maximum atomic E-state index is 12.8. The second-order valence-corrected chi connectivity index (χ2v) is 6.04. The van der Waals surface area contributed by atoms with Gasteiger partial charge in [-0.05, 0) is 31.5 Å². The van der Waals surface area contributed by atoms with Gasteiger partial charge in [-0.3, -0.25) is 9.69 Å². The van der Waals surface area contributed by atoms with Gasteiger partial charge in [0.15, 0.2) is 0 Å². The standard InChI is InChI=1S/C19H20N2O3/c1-14-8-10-15(11-9-14)19(2)17(22)21(18(23)20-19)12-13-24-16-6-4-3-5-7-16/h3-11H,12-13H2,1-2H3,(H,20,23)/t19-/m0/s1. The van der Waals surface area contributed by atoms with Crippen LogP contribution < -0.4 is 10.1 Å². The zero-order valence-corrected chi connectivity index (χ0v) is 13.8. The minimum Gasteiger partial charge on any atom is -0.492 e. The van der Waals surface area contributed by atoms with E-state index in [-0.39, 0.29) is 25.1 Å². The van der Waals surface area contributed by atoms with Crippen molar-refractivity contribution in [1.29, 1.82) is 0 Å². The van der Waals surface area contributed by atoms with E-state index in [9.17, 15) is 9.59 Å². The van der Waals surface area contributed by atoms with Crippen LogP contribution in [0.3, 0.4) is 0 Å². The molecule has 0 bridgehead atoms. The fourth-order valence-corrected chi connectivity index (χ4v) is 2.75. The van der Waals surface area contributed by atoms with E-state index in [4.69, 9.17) is 4.74 Å². The van der Waals surface area contributed by atoms with Gasteiger partial charge in [-0.1, -0.05) is 48.0 Å². The van der Waals surface area contributed by atoms with Crippen LogP contribution in [0.5, 0.6) is 5.75 Å². The number of aryl methyl sites for hydroxylation is 1. The lowest BCUT2D eigenvalue weighted by molar-refractivity contribution is -0.131. The molecule has 3 rings (SSSR count). The molecular weight excluding hydrogens is 304 g/mol. The second kappa shape index (κ2) is 6.35. The van der Waals surface area contributed by atoms with E-state index in [0.717, 1.165) is 11.1 Å². The zero-order chi connectivity index (χ0) is 17.2. The first-order valence-corrected chi connectivity index (χ1v) is 7.90. The Morgan fingerprint density at radius 3 is 2.38 bits per heavy atom. The minimum absolute atomic E-state index is 0.209. The molecule has 5 nitrogen and oxygen atoms in total.